The maximum Gasteiger partial charge on any atom is 0.267 e. The summed E-state index contributed by atoms with van der Waals surface area (Å²) >= 11 is 0. The molecule has 0 bridgehead atoms. The normalized spacial score (nSPS) is 9.65. The van der Waals surface area contributed by atoms with Gasteiger partial charge in [-0.1, -0.05) is 18.2 Å². The number of H-pyrrole nitrogens is 1. The standard InChI is InChI=1S/C11H9FN2O.C4H5N/c12-10-5-2-1-4-9(10)8-14-11(15)6-3-7-13-14;1-2-4-5-3-1/h1-7H,8H2;1-5H. The van der Waals surface area contributed by atoms with Crippen molar-refractivity contribution in [2.24, 2.45) is 0 Å². The fourth-order valence-corrected chi connectivity index (χ4v) is 1.57. The van der Waals surface area contributed by atoms with Gasteiger partial charge in [-0.3, -0.25) is 4.79 Å². The highest BCUT2D eigenvalue weighted by atomic mass is 19.1. The van der Waals surface area contributed by atoms with Crippen LogP contribution in [-0.4, -0.2) is 14.8 Å². The fourth-order valence-electron chi connectivity index (χ4n) is 1.57. The smallest absolute Gasteiger partial charge is 0.267 e. The molecular weight excluding hydrogens is 257 g/mol. The number of rotatable bonds is 2. The Bertz CT molecular complexity index is 675. The van der Waals surface area contributed by atoms with Crippen LogP contribution >= 0.6 is 0 Å². The Kier molecular flexibility index (Phi) is 4.83. The first-order chi connectivity index (χ1) is 9.77. The molecule has 1 aromatic carbocycles. The number of nitrogens with one attached hydrogen (secondary N) is 1. The van der Waals surface area contributed by atoms with Crippen LogP contribution in [0.5, 0.6) is 0 Å². The Labute approximate surface area is 115 Å². The molecule has 2 aromatic heterocycles. The number of hydrogen-bond donors (Lipinski definition) is 1. The molecule has 20 heavy (non-hydrogen) atoms. The zero-order valence-electron chi connectivity index (χ0n) is 10.7. The SMILES string of the molecule is O=c1cccnn1Cc1ccccc1F.c1cc[nH]c1. The summed E-state index contributed by atoms with van der Waals surface area (Å²) in [7, 11) is 0. The summed E-state index contributed by atoms with van der Waals surface area (Å²) < 4.78 is 14.5. The predicted molar refractivity (Wildman–Crippen MR) is 74.8 cm³/mol. The van der Waals surface area contributed by atoms with E-state index in [1.54, 1.807) is 24.3 Å². The summed E-state index contributed by atoms with van der Waals surface area (Å²) in [4.78, 5) is 14.2. The van der Waals surface area contributed by atoms with Gasteiger partial charge in [-0.05, 0) is 24.3 Å². The maximum atomic E-state index is 13.3. The fraction of sp³-hybridized carbons (Fsp3) is 0.0667. The van der Waals surface area contributed by atoms with E-state index >= 15 is 0 Å². The lowest BCUT2D eigenvalue weighted by Gasteiger charge is -2.04. The third-order valence-corrected chi connectivity index (χ3v) is 2.56. The van der Waals surface area contributed by atoms with E-state index in [4.69, 9.17) is 0 Å². The topological polar surface area (TPSA) is 50.7 Å². The Morgan fingerprint density at radius 1 is 1.05 bits per heavy atom. The summed E-state index contributed by atoms with van der Waals surface area (Å²) in [5.41, 5.74) is 0.221. The van der Waals surface area contributed by atoms with E-state index in [2.05, 4.69) is 10.1 Å². The van der Waals surface area contributed by atoms with E-state index in [9.17, 15) is 9.18 Å². The largest absolute Gasteiger partial charge is 0.368 e. The first kappa shape index (κ1) is 13.7. The third kappa shape index (κ3) is 3.91. The van der Waals surface area contributed by atoms with Crippen molar-refractivity contribution >= 4 is 0 Å². The number of nitrogens with zero attached hydrogens (tertiary/aromatic N) is 2. The van der Waals surface area contributed by atoms with Gasteiger partial charge < -0.3 is 4.98 Å². The van der Waals surface area contributed by atoms with Crippen molar-refractivity contribution in [2.75, 3.05) is 0 Å². The Hall–Kier alpha value is -2.69. The van der Waals surface area contributed by atoms with E-state index in [1.807, 2.05) is 24.5 Å². The highest BCUT2D eigenvalue weighted by Crippen LogP contribution is 2.06. The zero-order chi connectivity index (χ0) is 14.2. The van der Waals surface area contributed by atoms with Crippen LogP contribution in [0.1, 0.15) is 5.56 Å². The van der Waals surface area contributed by atoms with Gasteiger partial charge in [-0.15, -0.1) is 0 Å². The molecular formula is C15H14FN3O. The van der Waals surface area contributed by atoms with Crippen molar-refractivity contribution in [3.63, 3.8) is 0 Å². The molecule has 4 nitrogen and oxygen atoms in total. The zero-order valence-corrected chi connectivity index (χ0v) is 10.7. The summed E-state index contributed by atoms with van der Waals surface area (Å²) in [6.07, 6.45) is 5.25. The highest BCUT2D eigenvalue weighted by Gasteiger charge is 2.02. The van der Waals surface area contributed by atoms with Gasteiger partial charge in [0.25, 0.3) is 5.56 Å². The van der Waals surface area contributed by atoms with Crippen molar-refractivity contribution in [2.45, 2.75) is 6.54 Å². The molecule has 0 atom stereocenters. The van der Waals surface area contributed by atoms with Crippen LogP contribution in [0.15, 0.2) is 71.9 Å². The van der Waals surface area contributed by atoms with Gasteiger partial charge >= 0.3 is 0 Å². The van der Waals surface area contributed by atoms with Crippen LogP contribution in [0.3, 0.4) is 0 Å². The van der Waals surface area contributed by atoms with E-state index in [0.29, 0.717) is 5.56 Å². The predicted octanol–water partition coefficient (Wildman–Crippen LogP) is 2.45. The van der Waals surface area contributed by atoms with E-state index in [-0.39, 0.29) is 17.9 Å². The molecule has 0 aliphatic rings. The monoisotopic (exact) mass is 271 g/mol. The third-order valence-electron chi connectivity index (χ3n) is 2.56. The van der Waals surface area contributed by atoms with Crippen molar-refractivity contribution in [1.29, 1.82) is 0 Å². The van der Waals surface area contributed by atoms with Crippen LogP contribution < -0.4 is 5.56 Å². The molecule has 0 aliphatic carbocycles. The minimum atomic E-state index is -0.324. The molecule has 0 aliphatic heterocycles. The number of benzene rings is 1. The minimum Gasteiger partial charge on any atom is -0.368 e. The summed E-state index contributed by atoms with van der Waals surface area (Å²) in [6.45, 7) is 0.159. The van der Waals surface area contributed by atoms with Crippen LogP contribution in [0.4, 0.5) is 4.39 Å². The molecule has 0 fully saturated rings. The quantitative estimate of drug-likeness (QED) is 0.778. The van der Waals surface area contributed by atoms with E-state index in [1.165, 1.54) is 23.0 Å². The van der Waals surface area contributed by atoms with Crippen LogP contribution in [0.2, 0.25) is 0 Å². The lowest BCUT2D eigenvalue weighted by molar-refractivity contribution is 0.572. The summed E-state index contributed by atoms with van der Waals surface area (Å²) in [6, 6.07) is 13.2. The van der Waals surface area contributed by atoms with Crippen molar-refractivity contribution in [3.05, 3.63) is 88.9 Å². The second-order valence-corrected chi connectivity index (χ2v) is 4.00. The first-order valence-corrected chi connectivity index (χ1v) is 6.10. The van der Waals surface area contributed by atoms with E-state index in [0.717, 1.165) is 0 Å². The second kappa shape index (κ2) is 7.04. The Morgan fingerprint density at radius 3 is 2.40 bits per heavy atom. The molecule has 0 amide bonds. The average molecular weight is 271 g/mol. The van der Waals surface area contributed by atoms with Gasteiger partial charge in [0.15, 0.2) is 0 Å². The molecule has 0 unspecified atom stereocenters. The van der Waals surface area contributed by atoms with Gasteiger partial charge in [-0.2, -0.15) is 5.10 Å². The van der Waals surface area contributed by atoms with Gasteiger partial charge in [0, 0.05) is 30.2 Å². The Morgan fingerprint density at radius 2 is 1.80 bits per heavy atom. The molecule has 1 N–H and O–H groups in total. The van der Waals surface area contributed by atoms with Gasteiger partial charge in [0.1, 0.15) is 5.82 Å². The summed E-state index contributed by atoms with van der Waals surface area (Å²) in [5.74, 6) is -0.324. The molecule has 0 saturated carbocycles. The molecule has 0 radical (unpaired) electrons. The van der Waals surface area contributed by atoms with Gasteiger partial charge in [-0.25, -0.2) is 9.07 Å². The van der Waals surface area contributed by atoms with Crippen molar-refractivity contribution in [1.82, 2.24) is 14.8 Å². The lowest BCUT2D eigenvalue weighted by atomic mass is 10.2. The molecule has 0 spiro atoms. The highest BCUT2D eigenvalue weighted by molar-refractivity contribution is 5.17. The van der Waals surface area contributed by atoms with E-state index < -0.39 is 0 Å². The molecule has 2 heterocycles. The van der Waals surface area contributed by atoms with Crippen LogP contribution in [-0.2, 0) is 6.54 Å². The number of aromatic nitrogens is 3. The number of aromatic amines is 1. The molecule has 0 saturated heterocycles. The Balaban J connectivity index is 0.000000247. The minimum absolute atomic E-state index is 0.159. The lowest BCUT2D eigenvalue weighted by Crippen LogP contribution is -2.22. The number of hydrogen-bond acceptors (Lipinski definition) is 2. The average Bonchev–Trinajstić information content (AvgIpc) is 3.03. The van der Waals surface area contributed by atoms with Crippen molar-refractivity contribution in [3.8, 4) is 0 Å². The molecule has 3 aromatic rings. The molecule has 102 valence electrons. The maximum absolute atomic E-state index is 13.3. The number of halogens is 1. The van der Waals surface area contributed by atoms with Crippen molar-refractivity contribution < 1.29 is 4.39 Å². The van der Waals surface area contributed by atoms with Crippen LogP contribution in [0.25, 0.3) is 0 Å². The first-order valence-electron chi connectivity index (χ1n) is 6.10. The van der Waals surface area contributed by atoms with Crippen LogP contribution in [0, 0.1) is 5.82 Å². The summed E-state index contributed by atoms with van der Waals surface area (Å²) in [5, 5.41) is 3.85. The van der Waals surface area contributed by atoms with Gasteiger partial charge in [0.05, 0.1) is 6.54 Å². The molecule has 3 rings (SSSR count). The van der Waals surface area contributed by atoms with Gasteiger partial charge in [0.2, 0.25) is 0 Å². The second-order valence-electron chi connectivity index (χ2n) is 4.00. The molecule has 5 heteroatoms.